The molecule has 8 nitrogen and oxygen atoms in total. The zero-order valence-corrected chi connectivity index (χ0v) is 20.0. The number of carbonyl (C=O) groups excluding carboxylic acids is 1. The lowest BCUT2D eigenvalue weighted by atomic mass is 10.0. The number of nitrogen functional groups attached to an aromatic ring is 1. The number of nitrogens with zero attached hydrogens (tertiary/aromatic N) is 4. The fraction of sp³-hybridized carbons (Fsp3) is 0.308. The summed E-state index contributed by atoms with van der Waals surface area (Å²) in [7, 11) is 3.41. The highest BCUT2D eigenvalue weighted by Crippen LogP contribution is 2.29. The second kappa shape index (κ2) is 9.51. The Morgan fingerprint density at radius 1 is 1.18 bits per heavy atom. The van der Waals surface area contributed by atoms with Gasteiger partial charge in [-0.25, -0.2) is 9.97 Å². The van der Waals surface area contributed by atoms with Crippen LogP contribution in [0.5, 0.6) is 0 Å². The largest absolute Gasteiger partial charge is 0.468 e. The normalized spacial score (nSPS) is 11.3. The van der Waals surface area contributed by atoms with Gasteiger partial charge in [0, 0.05) is 24.6 Å². The molecule has 0 spiro atoms. The molecule has 176 valence electrons. The average molecular weight is 459 g/mol. The number of ether oxygens (including phenoxy) is 1. The Balaban J connectivity index is 1.71. The van der Waals surface area contributed by atoms with Gasteiger partial charge in [0.05, 0.1) is 35.9 Å². The van der Waals surface area contributed by atoms with Gasteiger partial charge in [-0.2, -0.15) is 0 Å². The number of imidazole rings is 2. The molecule has 34 heavy (non-hydrogen) atoms. The number of fused-ring (bicyclic) bond motifs is 1. The maximum atomic E-state index is 12.0. The first-order chi connectivity index (χ1) is 16.3. The lowest BCUT2D eigenvalue weighted by Gasteiger charge is -2.11. The van der Waals surface area contributed by atoms with Gasteiger partial charge in [-0.05, 0) is 30.0 Å². The molecule has 0 aliphatic carbocycles. The summed E-state index contributed by atoms with van der Waals surface area (Å²) in [6.45, 7) is 4.42. The van der Waals surface area contributed by atoms with Crippen molar-refractivity contribution in [1.29, 1.82) is 5.41 Å². The summed E-state index contributed by atoms with van der Waals surface area (Å²) >= 11 is 0. The molecule has 0 unspecified atom stereocenters. The Labute approximate surface area is 198 Å². The van der Waals surface area contributed by atoms with Gasteiger partial charge >= 0.3 is 5.97 Å². The number of hydrogen-bond acceptors (Lipinski definition) is 5. The minimum Gasteiger partial charge on any atom is -0.468 e. The third-order valence-corrected chi connectivity index (χ3v) is 5.92. The molecule has 2 aromatic heterocycles. The molecular weight excluding hydrogens is 428 g/mol. The van der Waals surface area contributed by atoms with Crippen molar-refractivity contribution < 1.29 is 9.53 Å². The van der Waals surface area contributed by atoms with Crippen LogP contribution in [0.25, 0.3) is 22.3 Å². The monoisotopic (exact) mass is 458 g/mol. The zero-order valence-electron chi connectivity index (χ0n) is 20.0. The molecular formula is C26H30N6O2. The van der Waals surface area contributed by atoms with Crippen LogP contribution in [-0.4, -0.2) is 38.0 Å². The number of nitrogens with two attached hydrogens (primary N) is 1. The van der Waals surface area contributed by atoms with Crippen molar-refractivity contribution in [2.45, 2.75) is 33.2 Å². The number of benzene rings is 2. The van der Waals surface area contributed by atoms with Gasteiger partial charge in [0.1, 0.15) is 18.2 Å². The number of aryl methyl sites for hydroxylation is 1. The molecule has 4 rings (SSSR count). The van der Waals surface area contributed by atoms with Gasteiger partial charge in [-0.3, -0.25) is 10.2 Å². The van der Waals surface area contributed by atoms with E-state index >= 15 is 0 Å². The average Bonchev–Trinajstić information content (AvgIpc) is 3.33. The van der Waals surface area contributed by atoms with Crippen molar-refractivity contribution in [1.82, 2.24) is 19.1 Å². The fourth-order valence-electron chi connectivity index (χ4n) is 4.16. The Morgan fingerprint density at radius 2 is 1.91 bits per heavy atom. The smallest absolute Gasteiger partial charge is 0.325 e. The molecule has 0 bridgehead atoms. The van der Waals surface area contributed by atoms with Crippen molar-refractivity contribution in [3.05, 3.63) is 71.4 Å². The predicted molar refractivity (Wildman–Crippen MR) is 133 cm³/mol. The second-order valence-electron chi connectivity index (χ2n) is 8.92. The SMILES string of the molecule is COC(=O)Cn1cnc(CC(C)C)c1-c1ccc2c(c1)nc(Cc1ccc(C(=N)N)cc1)n2C. The van der Waals surface area contributed by atoms with E-state index in [0.717, 1.165) is 45.8 Å². The van der Waals surface area contributed by atoms with E-state index in [1.54, 1.807) is 6.33 Å². The number of carbonyl (C=O) groups is 1. The maximum absolute atomic E-state index is 12.0. The molecule has 2 aromatic carbocycles. The maximum Gasteiger partial charge on any atom is 0.325 e. The lowest BCUT2D eigenvalue weighted by Crippen LogP contribution is -2.12. The van der Waals surface area contributed by atoms with Crippen molar-refractivity contribution in [2.24, 2.45) is 18.7 Å². The standard InChI is InChI=1S/C26H30N6O2/c1-16(2)11-21-25(32(15-29-21)14-24(33)34-4)19-9-10-22-20(13-19)30-23(31(22)3)12-17-5-7-18(8-6-17)26(27)28/h5-10,13,15-16H,11-12,14H2,1-4H3,(H3,27,28). The predicted octanol–water partition coefficient (Wildman–Crippen LogP) is 3.68. The van der Waals surface area contributed by atoms with E-state index in [4.69, 9.17) is 20.9 Å². The van der Waals surface area contributed by atoms with Crippen molar-refractivity contribution in [3.63, 3.8) is 0 Å². The number of rotatable bonds is 8. The number of aromatic nitrogens is 4. The van der Waals surface area contributed by atoms with E-state index < -0.39 is 0 Å². The first kappa shape index (κ1) is 23.2. The summed E-state index contributed by atoms with van der Waals surface area (Å²) in [4.78, 5) is 21.5. The minimum atomic E-state index is -0.313. The van der Waals surface area contributed by atoms with E-state index in [9.17, 15) is 4.79 Å². The summed E-state index contributed by atoms with van der Waals surface area (Å²) in [6.07, 6.45) is 3.19. The topological polar surface area (TPSA) is 112 Å². The van der Waals surface area contributed by atoms with Gasteiger partial charge in [-0.15, -0.1) is 0 Å². The van der Waals surface area contributed by atoms with Crippen LogP contribution >= 0.6 is 0 Å². The number of amidine groups is 1. The van der Waals surface area contributed by atoms with Crippen LogP contribution in [0.2, 0.25) is 0 Å². The molecule has 0 amide bonds. The van der Waals surface area contributed by atoms with Gasteiger partial charge in [0.2, 0.25) is 0 Å². The van der Waals surface area contributed by atoms with Gasteiger partial charge in [0.15, 0.2) is 0 Å². The summed E-state index contributed by atoms with van der Waals surface area (Å²) in [5.41, 5.74) is 12.1. The van der Waals surface area contributed by atoms with Crippen LogP contribution in [0.1, 0.15) is 36.5 Å². The third-order valence-electron chi connectivity index (χ3n) is 5.92. The Morgan fingerprint density at radius 3 is 2.56 bits per heavy atom. The molecule has 3 N–H and O–H groups in total. The Hall–Kier alpha value is -3.94. The van der Waals surface area contributed by atoms with Crippen LogP contribution in [-0.2, 0) is 36.0 Å². The number of esters is 1. The van der Waals surface area contributed by atoms with E-state index in [-0.39, 0.29) is 18.3 Å². The molecule has 0 aliphatic heterocycles. The zero-order chi connectivity index (χ0) is 24.4. The molecule has 0 atom stereocenters. The molecule has 0 saturated heterocycles. The molecule has 0 fully saturated rings. The first-order valence-corrected chi connectivity index (χ1v) is 11.3. The highest BCUT2D eigenvalue weighted by Gasteiger charge is 2.18. The Bertz CT molecular complexity index is 1350. The number of nitrogens with one attached hydrogen (secondary N) is 1. The quantitative estimate of drug-likeness (QED) is 0.238. The highest BCUT2D eigenvalue weighted by molar-refractivity contribution is 5.94. The van der Waals surface area contributed by atoms with Crippen molar-refractivity contribution >= 4 is 22.8 Å². The second-order valence-corrected chi connectivity index (χ2v) is 8.92. The number of methoxy groups -OCH3 is 1. The molecule has 0 saturated carbocycles. The van der Waals surface area contributed by atoms with Gasteiger partial charge < -0.3 is 19.6 Å². The number of hydrogen-bond donors (Lipinski definition) is 2. The molecule has 0 aliphatic rings. The molecule has 0 radical (unpaired) electrons. The molecule has 2 heterocycles. The highest BCUT2D eigenvalue weighted by atomic mass is 16.5. The van der Waals surface area contributed by atoms with Crippen molar-refractivity contribution in [3.8, 4) is 11.3 Å². The van der Waals surface area contributed by atoms with Crippen LogP contribution in [0.3, 0.4) is 0 Å². The van der Waals surface area contributed by atoms with E-state index in [1.807, 2.05) is 35.9 Å². The van der Waals surface area contributed by atoms with Crippen LogP contribution in [0.4, 0.5) is 0 Å². The fourth-order valence-corrected chi connectivity index (χ4v) is 4.16. The summed E-state index contributed by atoms with van der Waals surface area (Å²) in [5, 5.41) is 7.56. The van der Waals surface area contributed by atoms with Crippen LogP contribution in [0, 0.1) is 11.3 Å². The van der Waals surface area contributed by atoms with E-state index in [1.165, 1.54) is 7.11 Å². The van der Waals surface area contributed by atoms with Crippen molar-refractivity contribution in [2.75, 3.05) is 7.11 Å². The summed E-state index contributed by atoms with van der Waals surface area (Å²) in [6, 6.07) is 13.9. The Kier molecular flexibility index (Phi) is 6.49. The van der Waals surface area contributed by atoms with E-state index in [0.29, 0.717) is 17.9 Å². The van der Waals surface area contributed by atoms with Gasteiger partial charge in [0.25, 0.3) is 0 Å². The third kappa shape index (κ3) is 4.71. The van der Waals surface area contributed by atoms with Crippen LogP contribution in [0.15, 0.2) is 48.8 Å². The van der Waals surface area contributed by atoms with Gasteiger partial charge in [-0.1, -0.05) is 44.2 Å². The first-order valence-electron chi connectivity index (χ1n) is 11.3. The summed E-state index contributed by atoms with van der Waals surface area (Å²) < 4.78 is 8.83. The molecule has 8 heteroatoms. The van der Waals surface area contributed by atoms with Crippen LogP contribution < -0.4 is 5.73 Å². The minimum absolute atomic E-state index is 0.0603. The molecule has 4 aromatic rings. The summed E-state index contributed by atoms with van der Waals surface area (Å²) in [5.74, 6) is 1.12. The van der Waals surface area contributed by atoms with E-state index in [2.05, 4.69) is 41.6 Å². The lowest BCUT2D eigenvalue weighted by molar-refractivity contribution is -0.141.